The minimum absolute atomic E-state index is 0.0265. The summed E-state index contributed by atoms with van der Waals surface area (Å²) in [4.78, 5) is 12.6. The van der Waals surface area contributed by atoms with Gasteiger partial charge >= 0.3 is 51.4 Å². The molecule has 0 amide bonds. The fourth-order valence-electron chi connectivity index (χ4n) is 14.6. The summed E-state index contributed by atoms with van der Waals surface area (Å²) in [5.41, 5.74) is 2.49. The molecule has 5 unspecified atom stereocenters. The van der Waals surface area contributed by atoms with Gasteiger partial charge in [-0.25, -0.2) is 0 Å². The second kappa shape index (κ2) is 30.3. The van der Waals surface area contributed by atoms with E-state index < -0.39 is 93.6 Å². The Balaban J connectivity index is 0.000000220. The number of epoxide rings is 1. The molecule has 8 rings (SSSR count). The maximum atomic E-state index is 12.6. The number of aliphatic hydroxyl groups is 4. The van der Waals surface area contributed by atoms with Crippen LogP contribution in [0.15, 0.2) is 0 Å². The largest absolute Gasteiger partial charge is 0.414 e. The highest BCUT2D eigenvalue weighted by Gasteiger charge is 2.75. The molecule has 1 spiro atoms. The van der Waals surface area contributed by atoms with Crippen LogP contribution in [0.1, 0.15) is 194 Å². The van der Waals surface area contributed by atoms with Gasteiger partial charge in [-0.3, -0.25) is 4.79 Å². The average molecular weight is 1360 g/mol. The first-order valence-corrected chi connectivity index (χ1v) is 45.5. The number of hydrogen-bond acceptors (Lipinski definition) is 19. The molecule has 0 radical (unpaired) electrons. The van der Waals surface area contributed by atoms with Gasteiger partial charge in [0.2, 0.25) is 0 Å². The molecule has 4 N–H and O–H groups in total. The van der Waals surface area contributed by atoms with Crippen LogP contribution in [0.2, 0.25) is 66.5 Å². The van der Waals surface area contributed by atoms with E-state index in [9.17, 15) is 9.90 Å². The van der Waals surface area contributed by atoms with Crippen LogP contribution >= 0.6 is 11.6 Å². The highest BCUT2D eigenvalue weighted by molar-refractivity contribution is 6.85. The van der Waals surface area contributed by atoms with Crippen LogP contribution in [0.5, 0.6) is 0 Å². The lowest BCUT2D eigenvalue weighted by Crippen LogP contribution is -2.66. The second-order valence-corrected chi connectivity index (χ2v) is 56.8. The predicted octanol–water partition coefficient (Wildman–Crippen LogP) is 11.9. The number of carbonyl (C=O) groups is 1. The van der Waals surface area contributed by atoms with Gasteiger partial charge in [0.05, 0.1) is 44.7 Å². The van der Waals surface area contributed by atoms with Crippen molar-refractivity contribution in [1.82, 2.24) is 0 Å². The van der Waals surface area contributed by atoms with E-state index >= 15 is 0 Å². The van der Waals surface area contributed by atoms with Gasteiger partial charge < -0.3 is 83.0 Å². The van der Waals surface area contributed by atoms with Crippen LogP contribution in [0, 0.1) is 0 Å². The molecular formula is C61H123ClO19Si6. The van der Waals surface area contributed by atoms with E-state index in [2.05, 4.69) is 166 Å². The summed E-state index contributed by atoms with van der Waals surface area (Å²) in [6, 6.07) is 0. The van der Waals surface area contributed by atoms with Crippen molar-refractivity contribution in [3.8, 4) is 0 Å². The third-order valence-electron chi connectivity index (χ3n) is 20.1. The quantitative estimate of drug-likeness (QED) is 0.0763. The topological polar surface area (TPSA) is 231 Å². The zero-order valence-corrected chi connectivity index (χ0v) is 65.5. The van der Waals surface area contributed by atoms with E-state index in [0.29, 0.717) is 53.1 Å². The van der Waals surface area contributed by atoms with Crippen molar-refractivity contribution in [3.05, 3.63) is 0 Å². The Labute approximate surface area is 537 Å². The monoisotopic (exact) mass is 1360 g/mol. The normalized spacial score (nSPS) is 37.6. The first-order valence-electron chi connectivity index (χ1n) is 33.2. The Morgan fingerprint density at radius 2 is 0.793 bits per heavy atom. The zero-order chi connectivity index (χ0) is 66.4. The van der Waals surface area contributed by atoms with Crippen LogP contribution in [0.4, 0.5) is 0 Å². The van der Waals surface area contributed by atoms with Gasteiger partial charge in [0.1, 0.15) is 67.1 Å². The molecule has 26 heteroatoms. The minimum atomic E-state index is -2.70. The lowest BCUT2D eigenvalue weighted by atomic mass is 9.98. The molecule has 8 fully saturated rings. The van der Waals surface area contributed by atoms with Crippen molar-refractivity contribution in [2.24, 2.45) is 0 Å². The molecule has 8 heterocycles. The SMILES string of the molecule is CC(C)[Si]1(C(C)C)OC[C@H]2O[C@@H](C)C(=O)C2O[Si](C(C)C)(C(C)C)O1.CC(C)[Si]1(C(C)C)OC[C@H]2O[C@@H](C)[C@@H](O)C2O[Si](C(C)C)(C(C)C)O1.CC(C)[Si]1(C(C)C)OC[C@H]2O[C@@H](C)[C@@]3(OC3Cl)C2O[Si](C(C)C)(C(C)C)O1.C[C@@H]1O[C@H](CO)C(O)[C@@H]1O. The maximum absolute atomic E-state index is 12.6. The Morgan fingerprint density at radius 3 is 1.13 bits per heavy atom. The fraction of sp³-hybridized carbons (Fsp3) is 0.984. The Kier molecular flexibility index (Phi) is 27.3. The number of halogens is 1. The van der Waals surface area contributed by atoms with Gasteiger partial charge in [-0.15, -0.1) is 0 Å². The number of alkyl halides is 1. The molecular weight excluding hydrogens is 1240 g/mol. The maximum Gasteiger partial charge on any atom is 0.335 e. The molecule has 8 saturated heterocycles. The number of aliphatic hydroxyl groups excluding tert-OH is 4. The Morgan fingerprint density at radius 1 is 0.448 bits per heavy atom. The van der Waals surface area contributed by atoms with Gasteiger partial charge in [-0.2, -0.15) is 0 Å². The van der Waals surface area contributed by atoms with E-state index in [1.807, 2.05) is 13.8 Å². The van der Waals surface area contributed by atoms with E-state index in [4.69, 9.17) is 89.5 Å². The van der Waals surface area contributed by atoms with E-state index in [1.54, 1.807) is 13.8 Å². The summed E-state index contributed by atoms with van der Waals surface area (Å²) < 4.78 is 90.7. The highest BCUT2D eigenvalue weighted by atomic mass is 35.5. The number of Topliss-reactive ketones (excluding diaryl/α,β-unsaturated/α-hetero) is 1. The summed E-state index contributed by atoms with van der Waals surface area (Å²) in [6.07, 6.45) is -6.09. The van der Waals surface area contributed by atoms with Crippen molar-refractivity contribution in [2.75, 3.05) is 26.4 Å². The first kappa shape index (κ1) is 78.2. The summed E-state index contributed by atoms with van der Waals surface area (Å²) >= 11 is 6.43. The van der Waals surface area contributed by atoms with Crippen LogP contribution in [-0.4, -0.2) is 201 Å². The van der Waals surface area contributed by atoms with E-state index in [-0.39, 0.29) is 100 Å². The fourth-order valence-corrected chi connectivity index (χ4v) is 48.7. The molecule has 0 aromatic heterocycles. The number of carbonyl (C=O) groups excluding carboxylic acids is 1. The summed E-state index contributed by atoms with van der Waals surface area (Å²) in [5, 5.41) is 37.4. The lowest BCUT2D eigenvalue weighted by Gasteiger charge is -2.51. The third-order valence-corrected chi connectivity index (χ3v) is 51.3. The Bertz CT molecular complexity index is 2130. The third kappa shape index (κ3) is 15.1. The summed E-state index contributed by atoms with van der Waals surface area (Å²) in [5.74, 6) is 0.0265. The van der Waals surface area contributed by atoms with Crippen LogP contribution in [0.25, 0.3) is 0 Å². The molecule has 0 aromatic rings. The van der Waals surface area contributed by atoms with Crippen LogP contribution in [0.3, 0.4) is 0 Å². The minimum Gasteiger partial charge on any atom is -0.414 e. The average Bonchev–Trinajstić information content (AvgIpc) is 1.57. The number of fused-ring (bicyclic) bond motifs is 4. The molecule has 0 saturated carbocycles. The number of rotatable bonds is 13. The number of hydrogen-bond donors (Lipinski definition) is 4. The molecule has 0 aromatic carbocycles. The summed E-state index contributed by atoms with van der Waals surface area (Å²) in [7, 11) is -15.6. The number of ether oxygens (including phenoxy) is 5. The molecule has 0 bridgehead atoms. The highest BCUT2D eigenvalue weighted by Crippen LogP contribution is 2.57. The molecule has 8 aliphatic heterocycles. The molecule has 8 aliphatic rings. The molecule has 16 atom stereocenters. The van der Waals surface area contributed by atoms with E-state index in [1.165, 1.54) is 0 Å². The smallest absolute Gasteiger partial charge is 0.335 e. The molecule has 512 valence electrons. The second-order valence-electron chi connectivity index (χ2n) is 29.8. The van der Waals surface area contributed by atoms with Gasteiger partial charge in [0.15, 0.2) is 16.9 Å². The molecule has 19 nitrogen and oxygen atoms in total. The molecule has 87 heavy (non-hydrogen) atoms. The standard InChI is InChI=1S/C19H37ClO5Si2.C18H38O5Si2.C18H36O5Si2.C6H12O4/c1-11(2)26(12(3)4)21-10-16-17(19(15(9)22-16)18(20)23-19)24-27(25-26,13(5)6)14(7)8;2*1-11(2)24(12(3)4)20-10-16-18(17(19)15(9)21-16)22-25(23-24,13(5)6)14(7)8;1-3-5(8)6(9)4(2-7)10-3/h11-18H,10H2,1-9H3;11-19H,10H2,1-9H3;11-16,18H,10H2,1-9H3;3-9H,2H2,1H3/t15-,16+,17?,18?,19+;15-,16+,17+,18?;15-,16+,18?;3-,4+,5+,6?/m0000/s1. The van der Waals surface area contributed by atoms with E-state index in [0.717, 1.165) is 0 Å². The van der Waals surface area contributed by atoms with Crippen molar-refractivity contribution < 1.29 is 87.8 Å². The first-order chi connectivity index (χ1) is 40.1. The van der Waals surface area contributed by atoms with Crippen molar-refractivity contribution in [1.29, 1.82) is 0 Å². The zero-order valence-electron chi connectivity index (χ0n) is 58.7. The lowest BCUT2D eigenvalue weighted by molar-refractivity contribution is -0.126. The van der Waals surface area contributed by atoms with Crippen molar-refractivity contribution in [2.45, 2.75) is 357 Å². The van der Waals surface area contributed by atoms with Gasteiger partial charge in [0, 0.05) is 0 Å². The van der Waals surface area contributed by atoms with Gasteiger partial charge in [-0.05, 0) is 94.2 Å². The molecule has 0 aliphatic carbocycles. The van der Waals surface area contributed by atoms with Gasteiger partial charge in [0.25, 0.3) is 0 Å². The summed E-state index contributed by atoms with van der Waals surface area (Å²) in [6.45, 7) is 61.2. The van der Waals surface area contributed by atoms with Crippen LogP contribution < -0.4 is 0 Å². The van der Waals surface area contributed by atoms with Gasteiger partial charge in [-0.1, -0.05) is 178 Å². The van der Waals surface area contributed by atoms with Crippen molar-refractivity contribution >= 4 is 68.7 Å². The number of ketones is 1. The van der Waals surface area contributed by atoms with Crippen LogP contribution in [-0.2, 0) is 67.4 Å². The Hall–Kier alpha value is 0.541. The van der Waals surface area contributed by atoms with Crippen molar-refractivity contribution in [3.63, 3.8) is 0 Å². The predicted molar refractivity (Wildman–Crippen MR) is 352 cm³/mol.